The number of rotatable bonds is 3. The molecule has 5 aliphatic heterocycles. The molecule has 7 rings (SSSR count). The van der Waals surface area contributed by atoms with E-state index in [1.165, 1.54) is 6.08 Å². The van der Waals surface area contributed by atoms with Crippen molar-refractivity contribution in [1.82, 2.24) is 45.6 Å². The maximum atomic E-state index is 16.8. The molecule has 0 radical (unpaired) electrons. The molecule has 3 N–H and O–H groups in total. The van der Waals surface area contributed by atoms with E-state index < -0.39 is 36.6 Å². The quantitative estimate of drug-likeness (QED) is 0.429. The van der Waals surface area contributed by atoms with E-state index in [9.17, 15) is 9.59 Å². The molecular formula is C34H53F2N9O2. The lowest BCUT2D eigenvalue weighted by atomic mass is 9.69. The minimum atomic E-state index is -1.28. The zero-order chi connectivity index (χ0) is 33.1. The lowest BCUT2D eigenvalue weighted by Gasteiger charge is -2.60. The van der Waals surface area contributed by atoms with Crippen molar-refractivity contribution in [1.29, 1.82) is 0 Å². The van der Waals surface area contributed by atoms with Crippen LogP contribution in [0.2, 0.25) is 0 Å². The number of fused-ring (bicyclic) bond motifs is 7. The standard InChI is InChI=1S/C34H53F2N9O2/c1-6-27(46)43-14-20(5)44(15-19(43)4)32-24-13-26(36)30-28-22(8-7-9-25(28)35)16-42-17-23(40-41-42)12-21-10-11-37-29(18(2)3)31(21)45(33(24)38-30)34(47)39-32/h6,17-22,24-26,28-33,37-38H,1,7-16H2,2-5H3,(H,39,47)/t19-,20+,21?,22?,24?,25?,26?,28?,29?,30?,31?,32?,33?/m1/s1. The summed E-state index contributed by atoms with van der Waals surface area (Å²) in [5.74, 6) is -0.666. The first-order valence-electron chi connectivity index (χ1n) is 18.0. The Morgan fingerprint density at radius 1 is 1.06 bits per heavy atom. The number of piperazine rings is 1. The zero-order valence-corrected chi connectivity index (χ0v) is 28.3. The molecule has 11 unspecified atom stereocenters. The van der Waals surface area contributed by atoms with Gasteiger partial charge in [0, 0.05) is 61.8 Å². The second-order valence-electron chi connectivity index (χ2n) is 15.6. The van der Waals surface area contributed by atoms with E-state index in [1.807, 2.05) is 27.6 Å². The Morgan fingerprint density at radius 3 is 2.64 bits per heavy atom. The van der Waals surface area contributed by atoms with Crippen molar-refractivity contribution in [2.24, 2.45) is 29.6 Å². The number of piperidine rings is 2. The second-order valence-corrected chi connectivity index (χ2v) is 15.6. The Labute approximate surface area is 277 Å². The highest BCUT2D eigenvalue weighted by Crippen LogP contribution is 2.44. The number of hydrogen-bond donors (Lipinski definition) is 3. The third-order valence-corrected chi connectivity index (χ3v) is 12.4. The highest BCUT2D eigenvalue weighted by atomic mass is 19.1. The predicted octanol–water partition coefficient (Wildman–Crippen LogP) is 2.69. The molecule has 4 bridgehead atoms. The number of nitrogens with zero attached hydrogens (tertiary/aromatic N) is 6. The third-order valence-electron chi connectivity index (χ3n) is 12.4. The summed E-state index contributed by atoms with van der Waals surface area (Å²) in [5.41, 5.74) is 0.883. The molecule has 47 heavy (non-hydrogen) atoms. The van der Waals surface area contributed by atoms with Crippen LogP contribution < -0.4 is 16.0 Å². The molecule has 260 valence electrons. The molecule has 3 amide bonds. The van der Waals surface area contributed by atoms with Crippen molar-refractivity contribution < 1.29 is 18.4 Å². The van der Waals surface area contributed by atoms with Crippen LogP contribution in [0.4, 0.5) is 13.6 Å². The highest BCUT2D eigenvalue weighted by Gasteiger charge is 2.57. The molecule has 0 aromatic carbocycles. The van der Waals surface area contributed by atoms with Gasteiger partial charge in [-0.3, -0.25) is 19.7 Å². The van der Waals surface area contributed by atoms with Gasteiger partial charge >= 0.3 is 6.03 Å². The minimum absolute atomic E-state index is 0.0176. The molecule has 4 saturated heterocycles. The average Bonchev–Trinajstić information content (AvgIpc) is 3.48. The molecule has 1 saturated carbocycles. The van der Waals surface area contributed by atoms with Crippen LogP contribution in [0.3, 0.4) is 0 Å². The molecular weight excluding hydrogens is 604 g/mol. The van der Waals surface area contributed by atoms with Crippen LogP contribution in [0.1, 0.15) is 65.5 Å². The van der Waals surface area contributed by atoms with Gasteiger partial charge in [-0.2, -0.15) is 0 Å². The maximum absolute atomic E-state index is 16.8. The van der Waals surface area contributed by atoms with Crippen LogP contribution in [0.15, 0.2) is 18.9 Å². The smallest absolute Gasteiger partial charge is 0.320 e. The molecule has 11 nitrogen and oxygen atoms in total. The van der Waals surface area contributed by atoms with Gasteiger partial charge in [-0.15, -0.1) is 5.10 Å². The fraction of sp³-hybridized carbons (Fsp3) is 0.824. The Kier molecular flexibility index (Phi) is 9.10. The normalized spacial score (nSPS) is 42.7. The van der Waals surface area contributed by atoms with E-state index in [0.717, 1.165) is 31.5 Å². The van der Waals surface area contributed by atoms with Crippen LogP contribution in [0.25, 0.3) is 0 Å². The maximum Gasteiger partial charge on any atom is 0.320 e. The van der Waals surface area contributed by atoms with Gasteiger partial charge in [0.1, 0.15) is 12.3 Å². The number of aromatic nitrogens is 3. The first-order chi connectivity index (χ1) is 22.5. The van der Waals surface area contributed by atoms with E-state index in [4.69, 9.17) is 0 Å². The number of amides is 3. The van der Waals surface area contributed by atoms with E-state index >= 15 is 8.78 Å². The summed E-state index contributed by atoms with van der Waals surface area (Å²) in [4.78, 5) is 33.4. The van der Waals surface area contributed by atoms with Crippen LogP contribution >= 0.6 is 0 Å². The summed E-state index contributed by atoms with van der Waals surface area (Å²) in [6.07, 6.45) is 3.76. The fourth-order valence-electron chi connectivity index (χ4n) is 10.2. The number of urea groups is 1. The van der Waals surface area contributed by atoms with E-state index in [2.05, 4.69) is 58.5 Å². The molecule has 0 spiro atoms. The van der Waals surface area contributed by atoms with Crippen LogP contribution in [-0.4, -0.2) is 116 Å². The molecule has 13 atom stereocenters. The Balaban J connectivity index is 1.30. The zero-order valence-electron chi connectivity index (χ0n) is 28.3. The minimum Gasteiger partial charge on any atom is -0.334 e. The van der Waals surface area contributed by atoms with Crippen molar-refractivity contribution in [3.05, 3.63) is 24.5 Å². The van der Waals surface area contributed by atoms with Crippen molar-refractivity contribution in [2.75, 3.05) is 19.6 Å². The summed E-state index contributed by atoms with van der Waals surface area (Å²) in [6, 6.07) is -1.23. The number of carbonyl (C=O) groups is 2. The van der Waals surface area contributed by atoms with Crippen molar-refractivity contribution in [3.8, 4) is 0 Å². The largest absolute Gasteiger partial charge is 0.334 e. The molecule has 6 aliphatic rings. The number of halogens is 2. The van der Waals surface area contributed by atoms with Crippen molar-refractivity contribution in [2.45, 2.75) is 128 Å². The van der Waals surface area contributed by atoms with Gasteiger partial charge in [0.05, 0.1) is 24.1 Å². The monoisotopic (exact) mass is 657 g/mol. The first kappa shape index (κ1) is 32.9. The number of alkyl halides is 2. The van der Waals surface area contributed by atoms with Crippen LogP contribution in [0, 0.1) is 29.6 Å². The van der Waals surface area contributed by atoms with E-state index in [0.29, 0.717) is 32.5 Å². The Morgan fingerprint density at radius 2 is 1.87 bits per heavy atom. The predicted molar refractivity (Wildman–Crippen MR) is 173 cm³/mol. The summed E-state index contributed by atoms with van der Waals surface area (Å²) >= 11 is 0. The van der Waals surface area contributed by atoms with Gasteiger partial charge in [-0.05, 0) is 76.3 Å². The summed E-state index contributed by atoms with van der Waals surface area (Å²) in [6.45, 7) is 14.5. The summed E-state index contributed by atoms with van der Waals surface area (Å²) in [5, 5.41) is 19.8. The van der Waals surface area contributed by atoms with Crippen molar-refractivity contribution >= 4 is 11.9 Å². The number of carbonyl (C=O) groups excluding carboxylic acids is 2. The SMILES string of the molecule is C=CC(=O)N1C[C@H](C)N(C2NC(=O)N3C4NC(C(F)CC42)C2C(F)CCCC2Cn2cc(nn2)CC2CCNC(C(C)C)C23)C[C@H]1C. The lowest BCUT2D eigenvalue weighted by molar-refractivity contribution is -0.136. The van der Waals surface area contributed by atoms with E-state index in [-0.39, 0.29) is 66.2 Å². The second kappa shape index (κ2) is 13.0. The molecule has 1 aromatic rings. The highest BCUT2D eigenvalue weighted by molar-refractivity contribution is 5.87. The summed E-state index contributed by atoms with van der Waals surface area (Å²) in [7, 11) is 0. The fourth-order valence-corrected chi connectivity index (χ4v) is 10.2. The van der Waals surface area contributed by atoms with Gasteiger partial charge in [-0.25, -0.2) is 13.6 Å². The van der Waals surface area contributed by atoms with Gasteiger partial charge < -0.3 is 20.4 Å². The third kappa shape index (κ3) is 5.88. The Hall–Kier alpha value is -2.64. The molecule has 1 aliphatic carbocycles. The van der Waals surface area contributed by atoms with Gasteiger partial charge in [0.15, 0.2) is 0 Å². The van der Waals surface area contributed by atoms with Gasteiger partial charge in [-0.1, -0.05) is 32.1 Å². The molecule has 1 aromatic heterocycles. The number of nitrogens with one attached hydrogen (secondary N) is 3. The topological polar surface area (TPSA) is 111 Å². The van der Waals surface area contributed by atoms with Crippen LogP contribution in [0.5, 0.6) is 0 Å². The molecule has 5 fully saturated rings. The molecule has 6 heterocycles. The van der Waals surface area contributed by atoms with E-state index in [1.54, 1.807) is 0 Å². The van der Waals surface area contributed by atoms with Crippen molar-refractivity contribution in [3.63, 3.8) is 0 Å². The Bertz CT molecular complexity index is 1330. The van der Waals surface area contributed by atoms with Crippen LogP contribution in [-0.2, 0) is 17.8 Å². The number of hydrogen-bond acceptors (Lipinski definition) is 7. The summed E-state index contributed by atoms with van der Waals surface area (Å²) < 4.78 is 34.7. The first-order valence-corrected chi connectivity index (χ1v) is 18.0. The average molecular weight is 658 g/mol. The van der Waals surface area contributed by atoms with Gasteiger partial charge in [0.2, 0.25) is 5.91 Å². The molecule has 13 heteroatoms. The lowest BCUT2D eigenvalue weighted by Crippen LogP contribution is -2.80. The van der Waals surface area contributed by atoms with Gasteiger partial charge in [0.25, 0.3) is 0 Å².